The number of ether oxygens (including phenoxy) is 1. The van der Waals surface area contributed by atoms with E-state index in [4.69, 9.17) is 9.84 Å². The monoisotopic (exact) mass is 260 g/mol. The summed E-state index contributed by atoms with van der Waals surface area (Å²) in [6.45, 7) is 0.301. The van der Waals surface area contributed by atoms with Crippen LogP contribution in [0.5, 0.6) is 0 Å². The van der Waals surface area contributed by atoms with Crippen LogP contribution in [-0.2, 0) is 9.53 Å². The molecule has 0 fully saturated rings. The van der Waals surface area contributed by atoms with Gasteiger partial charge in [0, 0.05) is 11.1 Å². The maximum atomic E-state index is 10.1. The summed E-state index contributed by atoms with van der Waals surface area (Å²) in [5, 5.41) is 8.34. The molecule has 78 valence electrons. The summed E-state index contributed by atoms with van der Waals surface area (Å²) >= 11 is 3.40. The van der Waals surface area contributed by atoms with Gasteiger partial charge < -0.3 is 9.84 Å². The molecule has 4 heteroatoms. The van der Waals surface area contributed by atoms with Gasteiger partial charge in [0.2, 0.25) is 0 Å². The van der Waals surface area contributed by atoms with Crippen molar-refractivity contribution < 1.29 is 14.6 Å². The van der Waals surface area contributed by atoms with Crippen molar-refractivity contribution in [2.75, 3.05) is 13.2 Å². The Morgan fingerprint density at radius 2 is 2.50 bits per heavy atom. The molecule has 1 N–H and O–H groups in total. The van der Waals surface area contributed by atoms with E-state index in [0.29, 0.717) is 12.5 Å². The molecule has 1 aliphatic rings. The minimum Gasteiger partial charge on any atom is -0.480 e. The molecule has 14 heavy (non-hydrogen) atoms. The Hall–Kier alpha value is -0.610. The first-order valence-corrected chi connectivity index (χ1v) is 5.31. The summed E-state index contributed by atoms with van der Waals surface area (Å²) in [5.41, 5.74) is 0. The first-order valence-electron chi connectivity index (χ1n) is 4.52. The lowest BCUT2D eigenvalue weighted by molar-refractivity contribution is -0.142. The van der Waals surface area contributed by atoms with Crippen LogP contribution in [0.1, 0.15) is 12.8 Å². The van der Waals surface area contributed by atoms with Gasteiger partial charge in [0.1, 0.15) is 6.61 Å². The fourth-order valence-corrected chi connectivity index (χ4v) is 1.86. The zero-order chi connectivity index (χ0) is 10.4. The molecule has 1 atom stereocenters. The number of allylic oxidation sites excluding steroid dienone is 4. The van der Waals surface area contributed by atoms with E-state index in [-0.39, 0.29) is 6.61 Å². The molecule has 0 aromatic rings. The number of carbonyl (C=O) groups is 1. The van der Waals surface area contributed by atoms with Crippen LogP contribution in [0.15, 0.2) is 22.7 Å². The van der Waals surface area contributed by atoms with Crippen molar-refractivity contribution in [2.24, 2.45) is 5.92 Å². The van der Waals surface area contributed by atoms with Crippen molar-refractivity contribution in [1.82, 2.24) is 0 Å². The second kappa shape index (κ2) is 5.98. The van der Waals surface area contributed by atoms with E-state index < -0.39 is 5.97 Å². The third-order valence-corrected chi connectivity index (χ3v) is 2.50. The summed E-state index contributed by atoms with van der Waals surface area (Å²) in [4.78, 5) is 10.1. The zero-order valence-corrected chi connectivity index (χ0v) is 9.37. The Labute approximate surface area is 91.6 Å². The van der Waals surface area contributed by atoms with Crippen molar-refractivity contribution in [3.63, 3.8) is 0 Å². The van der Waals surface area contributed by atoms with E-state index in [0.717, 1.165) is 17.3 Å². The van der Waals surface area contributed by atoms with Gasteiger partial charge in [-0.15, -0.1) is 0 Å². The normalized spacial score (nSPS) is 20.6. The molecule has 0 radical (unpaired) electrons. The molecule has 0 aliphatic heterocycles. The molecule has 0 bridgehead atoms. The van der Waals surface area contributed by atoms with Gasteiger partial charge in [-0.3, -0.25) is 0 Å². The number of carboxylic acid groups (broad SMARTS) is 1. The smallest absolute Gasteiger partial charge is 0.329 e. The lowest BCUT2D eigenvalue weighted by Crippen LogP contribution is -2.10. The molecule has 3 nitrogen and oxygen atoms in total. The number of aliphatic carboxylic acids is 1. The number of hydrogen-bond acceptors (Lipinski definition) is 2. The summed E-state index contributed by atoms with van der Waals surface area (Å²) in [6, 6.07) is 0. The van der Waals surface area contributed by atoms with E-state index in [1.807, 2.05) is 6.08 Å². The average molecular weight is 261 g/mol. The SMILES string of the molecule is O=C(O)COCCC1C=C(Br)C=CC1. The topological polar surface area (TPSA) is 46.5 Å². The lowest BCUT2D eigenvalue weighted by atomic mass is 9.98. The largest absolute Gasteiger partial charge is 0.480 e. The number of carboxylic acids is 1. The highest BCUT2D eigenvalue weighted by Gasteiger charge is 2.08. The highest BCUT2D eigenvalue weighted by molar-refractivity contribution is 9.11. The predicted octanol–water partition coefficient (Wildman–Crippen LogP) is 2.33. The van der Waals surface area contributed by atoms with E-state index in [9.17, 15) is 4.79 Å². The number of hydrogen-bond donors (Lipinski definition) is 1. The third-order valence-electron chi connectivity index (χ3n) is 1.97. The van der Waals surface area contributed by atoms with E-state index >= 15 is 0 Å². The Kier molecular flexibility index (Phi) is 4.90. The van der Waals surface area contributed by atoms with Gasteiger partial charge in [0.05, 0.1) is 0 Å². The molecule has 0 saturated carbocycles. The molecular weight excluding hydrogens is 248 g/mol. The van der Waals surface area contributed by atoms with Gasteiger partial charge in [-0.1, -0.05) is 34.2 Å². The Balaban J connectivity index is 2.13. The Bertz CT molecular complexity index is 258. The molecule has 0 saturated heterocycles. The van der Waals surface area contributed by atoms with Gasteiger partial charge in [-0.05, 0) is 18.8 Å². The van der Waals surface area contributed by atoms with Crippen molar-refractivity contribution in [3.8, 4) is 0 Å². The molecule has 0 amide bonds. The average Bonchev–Trinajstić information content (AvgIpc) is 2.12. The van der Waals surface area contributed by atoms with Crippen LogP contribution in [0.3, 0.4) is 0 Å². The number of halogens is 1. The van der Waals surface area contributed by atoms with E-state index in [2.05, 4.69) is 28.1 Å². The standard InChI is InChI=1S/C10H13BrO3/c11-9-3-1-2-8(6-9)4-5-14-7-10(12)13/h1,3,6,8H,2,4-5,7H2,(H,12,13). The first-order chi connectivity index (χ1) is 6.68. The molecule has 0 aromatic carbocycles. The van der Waals surface area contributed by atoms with E-state index in [1.165, 1.54) is 0 Å². The first kappa shape index (κ1) is 11.5. The summed E-state index contributed by atoms with van der Waals surface area (Å²) < 4.78 is 6.05. The van der Waals surface area contributed by atoms with Crippen molar-refractivity contribution >= 4 is 21.9 Å². The summed E-state index contributed by atoms with van der Waals surface area (Å²) in [7, 11) is 0. The maximum absolute atomic E-state index is 10.1. The Morgan fingerprint density at radius 3 is 3.14 bits per heavy atom. The van der Waals surface area contributed by atoms with Crippen LogP contribution in [0.25, 0.3) is 0 Å². The van der Waals surface area contributed by atoms with Gasteiger partial charge in [0.25, 0.3) is 0 Å². The quantitative estimate of drug-likeness (QED) is 0.772. The highest BCUT2D eigenvalue weighted by atomic mass is 79.9. The molecule has 0 aromatic heterocycles. The lowest BCUT2D eigenvalue weighted by Gasteiger charge is -2.13. The minimum atomic E-state index is -0.912. The fraction of sp³-hybridized carbons (Fsp3) is 0.500. The highest BCUT2D eigenvalue weighted by Crippen LogP contribution is 2.22. The molecular formula is C10H13BrO3. The van der Waals surface area contributed by atoms with Crippen LogP contribution < -0.4 is 0 Å². The third kappa shape index (κ3) is 4.58. The van der Waals surface area contributed by atoms with Gasteiger partial charge in [-0.2, -0.15) is 0 Å². The number of rotatable bonds is 5. The molecule has 0 heterocycles. The Morgan fingerprint density at radius 1 is 1.71 bits per heavy atom. The molecule has 1 unspecified atom stereocenters. The van der Waals surface area contributed by atoms with Crippen molar-refractivity contribution in [1.29, 1.82) is 0 Å². The van der Waals surface area contributed by atoms with E-state index in [1.54, 1.807) is 0 Å². The molecule has 1 aliphatic carbocycles. The summed E-state index contributed by atoms with van der Waals surface area (Å²) in [5.74, 6) is -0.451. The van der Waals surface area contributed by atoms with Crippen LogP contribution in [0.4, 0.5) is 0 Å². The van der Waals surface area contributed by atoms with Gasteiger partial charge in [0.15, 0.2) is 0 Å². The molecule has 0 spiro atoms. The fourth-order valence-electron chi connectivity index (χ4n) is 1.30. The van der Waals surface area contributed by atoms with Crippen LogP contribution in [-0.4, -0.2) is 24.3 Å². The van der Waals surface area contributed by atoms with Gasteiger partial charge >= 0.3 is 5.97 Å². The van der Waals surface area contributed by atoms with Crippen molar-refractivity contribution in [2.45, 2.75) is 12.8 Å². The zero-order valence-electron chi connectivity index (χ0n) is 7.78. The second-order valence-electron chi connectivity index (χ2n) is 3.18. The second-order valence-corrected chi connectivity index (χ2v) is 4.10. The van der Waals surface area contributed by atoms with Gasteiger partial charge in [-0.25, -0.2) is 4.79 Å². The van der Waals surface area contributed by atoms with Crippen molar-refractivity contribution in [3.05, 3.63) is 22.7 Å². The minimum absolute atomic E-state index is 0.201. The predicted molar refractivity (Wildman–Crippen MR) is 57.3 cm³/mol. The maximum Gasteiger partial charge on any atom is 0.329 e. The van der Waals surface area contributed by atoms with Crippen LogP contribution >= 0.6 is 15.9 Å². The molecule has 1 rings (SSSR count). The van der Waals surface area contributed by atoms with Crippen LogP contribution in [0.2, 0.25) is 0 Å². The van der Waals surface area contributed by atoms with Crippen LogP contribution in [0, 0.1) is 5.92 Å². The summed E-state index contributed by atoms with van der Waals surface area (Å²) in [6.07, 6.45) is 8.13.